The number of nitrogens with zero attached hydrogens (tertiary/aromatic N) is 1. The molecule has 2 aromatic rings. The smallest absolute Gasteiger partial charge is 0.119 e. The number of hydrogen-bond donors (Lipinski definition) is 1. The van der Waals surface area contributed by atoms with Gasteiger partial charge in [-0.1, -0.05) is 13.3 Å². The molecule has 1 aromatic carbocycles. The first-order chi connectivity index (χ1) is 10.3. The van der Waals surface area contributed by atoms with E-state index in [0.717, 1.165) is 46.3 Å². The van der Waals surface area contributed by atoms with Gasteiger partial charge in [0, 0.05) is 6.42 Å². The van der Waals surface area contributed by atoms with Crippen LogP contribution in [-0.2, 0) is 19.4 Å². The first-order valence-electron chi connectivity index (χ1n) is 7.12. The van der Waals surface area contributed by atoms with Gasteiger partial charge in [-0.2, -0.15) is 0 Å². The third-order valence-electron chi connectivity index (χ3n) is 3.10. The van der Waals surface area contributed by atoms with Crippen molar-refractivity contribution in [1.82, 2.24) is 4.98 Å². The molecule has 1 N–H and O–H groups in total. The highest BCUT2D eigenvalue weighted by Crippen LogP contribution is 2.21. The normalized spacial score (nSPS) is 10.6. The number of hydrogen-bond acceptors (Lipinski definition) is 5. The molecule has 1 aromatic heterocycles. The lowest BCUT2D eigenvalue weighted by molar-refractivity contribution is 0.284. The van der Waals surface area contributed by atoms with Crippen LogP contribution in [0.25, 0.3) is 0 Å². The zero-order valence-electron chi connectivity index (χ0n) is 12.5. The Morgan fingerprint density at radius 1 is 1.14 bits per heavy atom. The molecular weight excluding hydrogens is 286 g/mol. The fourth-order valence-electron chi connectivity index (χ4n) is 2.03. The minimum absolute atomic E-state index is 0.0757. The molecule has 0 fully saturated rings. The molecule has 0 radical (unpaired) electrons. The first kappa shape index (κ1) is 15.8. The summed E-state index contributed by atoms with van der Waals surface area (Å²) in [5, 5.41) is 10.4. The quantitative estimate of drug-likeness (QED) is 0.813. The van der Waals surface area contributed by atoms with Crippen LogP contribution in [0.3, 0.4) is 0 Å². The molecular formula is C16H21NO3S. The van der Waals surface area contributed by atoms with Gasteiger partial charge in [-0.15, -0.1) is 11.3 Å². The maximum Gasteiger partial charge on any atom is 0.119 e. The Bertz CT molecular complexity index is 551. The molecule has 0 saturated heterocycles. The number of thiazole rings is 1. The highest BCUT2D eigenvalue weighted by molar-refractivity contribution is 7.11. The first-order valence-corrected chi connectivity index (χ1v) is 7.93. The molecule has 0 atom stereocenters. The van der Waals surface area contributed by atoms with Gasteiger partial charge in [0.05, 0.1) is 35.9 Å². The minimum Gasteiger partial charge on any atom is -0.497 e. The van der Waals surface area contributed by atoms with E-state index in [-0.39, 0.29) is 6.61 Å². The van der Waals surface area contributed by atoms with Gasteiger partial charge in [-0.05, 0) is 30.7 Å². The van der Waals surface area contributed by atoms with Gasteiger partial charge in [0.15, 0.2) is 0 Å². The average molecular weight is 307 g/mol. The molecule has 21 heavy (non-hydrogen) atoms. The summed E-state index contributed by atoms with van der Waals surface area (Å²) >= 11 is 1.58. The summed E-state index contributed by atoms with van der Waals surface area (Å²) in [4.78, 5) is 5.57. The summed E-state index contributed by atoms with van der Waals surface area (Å²) in [6, 6.07) is 7.54. The van der Waals surface area contributed by atoms with Crippen LogP contribution in [0.15, 0.2) is 24.3 Å². The number of methoxy groups -OCH3 is 1. The fraction of sp³-hybridized carbons (Fsp3) is 0.438. The highest BCUT2D eigenvalue weighted by Gasteiger charge is 2.09. The lowest BCUT2D eigenvalue weighted by Crippen LogP contribution is -2.01. The third kappa shape index (κ3) is 4.44. The lowest BCUT2D eigenvalue weighted by atomic mass is 10.2. The Balaban J connectivity index is 1.87. The molecule has 0 aliphatic rings. The van der Waals surface area contributed by atoms with Crippen molar-refractivity contribution in [2.45, 2.75) is 32.8 Å². The molecule has 5 heteroatoms. The van der Waals surface area contributed by atoms with Gasteiger partial charge < -0.3 is 14.6 Å². The van der Waals surface area contributed by atoms with E-state index in [1.165, 1.54) is 0 Å². The summed E-state index contributed by atoms with van der Waals surface area (Å²) in [5.74, 6) is 1.64. The predicted molar refractivity (Wildman–Crippen MR) is 84.2 cm³/mol. The number of aryl methyl sites for hydroxylation is 1. The maximum atomic E-state index is 9.34. The molecule has 0 bridgehead atoms. The van der Waals surface area contributed by atoms with Crippen LogP contribution < -0.4 is 9.47 Å². The Labute approximate surface area is 129 Å². The number of aliphatic hydroxyl groups is 1. The Morgan fingerprint density at radius 3 is 2.48 bits per heavy atom. The second-order valence-corrected chi connectivity index (χ2v) is 5.83. The van der Waals surface area contributed by atoms with E-state index in [1.54, 1.807) is 18.4 Å². The monoisotopic (exact) mass is 307 g/mol. The molecule has 1 heterocycles. The van der Waals surface area contributed by atoms with Crippen LogP contribution in [0, 0.1) is 0 Å². The van der Waals surface area contributed by atoms with Crippen molar-refractivity contribution in [3.8, 4) is 11.5 Å². The summed E-state index contributed by atoms with van der Waals surface area (Å²) in [7, 11) is 1.64. The number of aliphatic hydroxyl groups excluding tert-OH is 1. The molecule has 114 valence electrons. The zero-order valence-corrected chi connectivity index (χ0v) is 13.3. The summed E-state index contributed by atoms with van der Waals surface area (Å²) in [6.07, 6.45) is 2.72. The van der Waals surface area contributed by atoms with Crippen molar-refractivity contribution in [2.75, 3.05) is 13.7 Å². The second kappa shape index (κ2) is 8.00. The molecule has 0 unspecified atom stereocenters. The number of aromatic nitrogens is 1. The van der Waals surface area contributed by atoms with Gasteiger partial charge in [0.1, 0.15) is 11.5 Å². The summed E-state index contributed by atoms with van der Waals surface area (Å²) < 4.78 is 10.8. The molecule has 2 rings (SSSR count). The number of benzene rings is 1. The maximum absolute atomic E-state index is 9.34. The number of rotatable bonds is 8. The predicted octanol–water partition coefficient (Wildman–Crippen LogP) is 3.22. The van der Waals surface area contributed by atoms with Crippen LogP contribution >= 0.6 is 11.3 Å². The van der Waals surface area contributed by atoms with Crippen molar-refractivity contribution >= 4 is 11.3 Å². The van der Waals surface area contributed by atoms with Crippen LogP contribution in [0.5, 0.6) is 11.5 Å². The van der Waals surface area contributed by atoms with E-state index in [9.17, 15) is 5.11 Å². The topological polar surface area (TPSA) is 51.6 Å². The molecule has 0 amide bonds. The van der Waals surface area contributed by atoms with E-state index in [4.69, 9.17) is 9.47 Å². The zero-order chi connectivity index (χ0) is 15.1. The van der Waals surface area contributed by atoms with Crippen LogP contribution in [0.4, 0.5) is 0 Å². The third-order valence-corrected chi connectivity index (χ3v) is 4.24. The molecule has 0 saturated carbocycles. The molecule has 0 spiro atoms. The molecule has 0 aliphatic carbocycles. The lowest BCUT2D eigenvalue weighted by Gasteiger charge is -2.05. The number of ether oxygens (including phenoxy) is 2. The van der Waals surface area contributed by atoms with Gasteiger partial charge >= 0.3 is 0 Å². The van der Waals surface area contributed by atoms with Gasteiger partial charge in [0.2, 0.25) is 0 Å². The molecule has 4 nitrogen and oxygen atoms in total. The summed E-state index contributed by atoms with van der Waals surface area (Å²) in [6.45, 7) is 2.77. The van der Waals surface area contributed by atoms with Crippen molar-refractivity contribution < 1.29 is 14.6 Å². The standard InChI is InChI=1S/C16H21NO3S/c1-3-4-14-15(11-18)21-16(17-14)9-10-20-13-7-5-12(19-2)6-8-13/h5-8,18H,3-4,9-11H2,1-2H3. The van der Waals surface area contributed by atoms with Crippen LogP contribution in [-0.4, -0.2) is 23.8 Å². The fourth-order valence-corrected chi connectivity index (χ4v) is 2.98. The van der Waals surface area contributed by atoms with E-state index in [0.29, 0.717) is 6.61 Å². The van der Waals surface area contributed by atoms with Crippen molar-refractivity contribution in [3.63, 3.8) is 0 Å². The van der Waals surface area contributed by atoms with E-state index in [1.807, 2.05) is 24.3 Å². The van der Waals surface area contributed by atoms with E-state index < -0.39 is 0 Å². The van der Waals surface area contributed by atoms with Gasteiger partial charge in [-0.25, -0.2) is 4.98 Å². The van der Waals surface area contributed by atoms with E-state index >= 15 is 0 Å². The van der Waals surface area contributed by atoms with Crippen LogP contribution in [0.1, 0.15) is 28.9 Å². The second-order valence-electron chi connectivity index (χ2n) is 4.66. The van der Waals surface area contributed by atoms with Crippen LogP contribution in [0.2, 0.25) is 0 Å². The SMILES string of the molecule is CCCc1nc(CCOc2ccc(OC)cc2)sc1CO. The van der Waals surface area contributed by atoms with Gasteiger partial charge in [-0.3, -0.25) is 0 Å². The van der Waals surface area contributed by atoms with E-state index in [2.05, 4.69) is 11.9 Å². The Hall–Kier alpha value is -1.59. The Morgan fingerprint density at radius 2 is 1.86 bits per heavy atom. The minimum atomic E-state index is 0.0757. The average Bonchev–Trinajstić information content (AvgIpc) is 2.90. The molecule has 0 aliphatic heterocycles. The highest BCUT2D eigenvalue weighted by atomic mass is 32.1. The van der Waals surface area contributed by atoms with Crippen molar-refractivity contribution in [1.29, 1.82) is 0 Å². The van der Waals surface area contributed by atoms with Crippen molar-refractivity contribution in [2.24, 2.45) is 0 Å². The Kier molecular flexibility index (Phi) is 6.02. The largest absolute Gasteiger partial charge is 0.497 e. The van der Waals surface area contributed by atoms with Gasteiger partial charge in [0.25, 0.3) is 0 Å². The van der Waals surface area contributed by atoms with Crippen molar-refractivity contribution in [3.05, 3.63) is 39.8 Å². The summed E-state index contributed by atoms with van der Waals surface area (Å²) in [5.41, 5.74) is 1.03.